The highest BCUT2D eigenvalue weighted by molar-refractivity contribution is 9.10. The summed E-state index contributed by atoms with van der Waals surface area (Å²) < 4.78 is 0.991. The minimum atomic E-state index is 0.0994. The number of aromatic nitrogens is 2. The molecule has 0 aliphatic carbocycles. The summed E-state index contributed by atoms with van der Waals surface area (Å²) in [6.45, 7) is 8.46. The van der Waals surface area contributed by atoms with Gasteiger partial charge in [-0.15, -0.1) is 11.3 Å². The summed E-state index contributed by atoms with van der Waals surface area (Å²) in [4.78, 5) is 10.2. The third-order valence-electron chi connectivity index (χ3n) is 2.85. The van der Waals surface area contributed by atoms with Crippen molar-refractivity contribution in [2.45, 2.75) is 39.8 Å². The maximum absolute atomic E-state index is 4.68. The van der Waals surface area contributed by atoms with Gasteiger partial charge in [-0.05, 0) is 55.3 Å². The van der Waals surface area contributed by atoms with Gasteiger partial charge in [0.1, 0.15) is 5.01 Å². The van der Waals surface area contributed by atoms with Crippen LogP contribution in [0.5, 0.6) is 0 Å². The van der Waals surface area contributed by atoms with Crippen LogP contribution < -0.4 is 5.32 Å². The zero-order valence-electron chi connectivity index (χ0n) is 11.6. The van der Waals surface area contributed by atoms with E-state index in [0.29, 0.717) is 6.04 Å². The molecule has 2 aromatic heterocycles. The topological polar surface area (TPSA) is 37.8 Å². The SMILES string of the molecule is Cc1nc(C(NC(C)C)c2cncc(Br)c2)sc1C. The summed E-state index contributed by atoms with van der Waals surface area (Å²) in [7, 11) is 0. The number of pyridine rings is 1. The fraction of sp³-hybridized carbons (Fsp3) is 0.429. The Balaban J connectivity index is 2.41. The molecule has 5 heteroatoms. The van der Waals surface area contributed by atoms with Crippen LogP contribution in [0.25, 0.3) is 0 Å². The van der Waals surface area contributed by atoms with Gasteiger partial charge >= 0.3 is 0 Å². The van der Waals surface area contributed by atoms with Crippen LogP contribution in [-0.4, -0.2) is 16.0 Å². The lowest BCUT2D eigenvalue weighted by Gasteiger charge is -2.19. The molecule has 2 rings (SSSR count). The Morgan fingerprint density at radius 2 is 2.00 bits per heavy atom. The Bertz CT molecular complexity index is 546. The summed E-state index contributed by atoms with van der Waals surface area (Å²) in [5, 5.41) is 4.67. The van der Waals surface area contributed by atoms with Crippen LogP contribution in [0.3, 0.4) is 0 Å². The van der Waals surface area contributed by atoms with Crippen molar-refractivity contribution >= 4 is 27.3 Å². The predicted octanol–water partition coefficient (Wildman–Crippen LogP) is 4.00. The summed E-state index contributed by atoms with van der Waals surface area (Å²) >= 11 is 5.23. The van der Waals surface area contributed by atoms with Gasteiger partial charge in [-0.3, -0.25) is 4.98 Å². The number of hydrogen-bond acceptors (Lipinski definition) is 4. The van der Waals surface area contributed by atoms with Crippen molar-refractivity contribution in [3.05, 3.63) is 44.1 Å². The van der Waals surface area contributed by atoms with Gasteiger partial charge in [0, 0.05) is 27.8 Å². The molecular weight excluding hydrogens is 322 g/mol. The highest BCUT2D eigenvalue weighted by Gasteiger charge is 2.20. The molecule has 0 fully saturated rings. The van der Waals surface area contributed by atoms with E-state index in [9.17, 15) is 0 Å². The third kappa shape index (κ3) is 3.61. The number of halogens is 1. The molecular formula is C14H18BrN3S. The zero-order valence-corrected chi connectivity index (χ0v) is 14.0. The lowest BCUT2D eigenvalue weighted by molar-refractivity contribution is 0.525. The summed E-state index contributed by atoms with van der Waals surface area (Å²) in [6.07, 6.45) is 3.70. The maximum Gasteiger partial charge on any atom is 0.115 e. The Morgan fingerprint density at radius 1 is 1.26 bits per heavy atom. The van der Waals surface area contributed by atoms with E-state index in [1.165, 1.54) is 4.88 Å². The van der Waals surface area contributed by atoms with E-state index in [1.807, 2.05) is 6.20 Å². The van der Waals surface area contributed by atoms with Gasteiger partial charge in [0.15, 0.2) is 0 Å². The molecule has 0 aromatic carbocycles. The number of aryl methyl sites for hydroxylation is 2. The molecule has 0 spiro atoms. The third-order valence-corrected chi connectivity index (χ3v) is 4.42. The van der Waals surface area contributed by atoms with Gasteiger partial charge in [-0.25, -0.2) is 4.98 Å². The highest BCUT2D eigenvalue weighted by Crippen LogP contribution is 2.29. The minimum Gasteiger partial charge on any atom is -0.302 e. The van der Waals surface area contributed by atoms with Gasteiger partial charge in [0.25, 0.3) is 0 Å². The molecule has 0 saturated heterocycles. The van der Waals surface area contributed by atoms with E-state index in [1.54, 1.807) is 17.5 Å². The normalized spacial score (nSPS) is 12.9. The molecule has 3 nitrogen and oxygen atoms in total. The molecule has 0 aliphatic rings. The Morgan fingerprint density at radius 3 is 2.53 bits per heavy atom. The summed E-state index contributed by atoms with van der Waals surface area (Å²) in [5.41, 5.74) is 2.25. The molecule has 19 heavy (non-hydrogen) atoms. The molecule has 1 unspecified atom stereocenters. The van der Waals surface area contributed by atoms with Crippen molar-refractivity contribution in [2.24, 2.45) is 0 Å². The Kier molecular flexibility index (Phi) is 4.71. The molecule has 0 radical (unpaired) electrons. The van der Waals surface area contributed by atoms with E-state index in [0.717, 1.165) is 20.7 Å². The molecule has 0 bridgehead atoms. The summed E-state index contributed by atoms with van der Waals surface area (Å²) in [5.74, 6) is 0. The van der Waals surface area contributed by atoms with E-state index in [4.69, 9.17) is 0 Å². The first-order valence-corrected chi connectivity index (χ1v) is 7.88. The van der Waals surface area contributed by atoms with Gasteiger partial charge in [0.2, 0.25) is 0 Å². The van der Waals surface area contributed by atoms with Crippen LogP contribution in [0, 0.1) is 13.8 Å². The number of hydrogen-bond donors (Lipinski definition) is 1. The van der Waals surface area contributed by atoms with Crippen molar-refractivity contribution in [2.75, 3.05) is 0 Å². The second-order valence-corrected chi connectivity index (χ2v) is 7.04. The summed E-state index contributed by atoms with van der Waals surface area (Å²) in [6, 6.07) is 2.58. The maximum atomic E-state index is 4.68. The fourth-order valence-electron chi connectivity index (χ4n) is 1.85. The van der Waals surface area contributed by atoms with Crippen molar-refractivity contribution in [1.29, 1.82) is 0 Å². The van der Waals surface area contributed by atoms with Gasteiger partial charge in [0.05, 0.1) is 11.7 Å². The van der Waals surface area contributed by atoms with Gasteiger partial charge in [-0.1, -0.05) is 0 Å². The van der Waals surface area contributed by atoms with E-state index >= 15 is 0 Å². The van der Waals surface area contributed by atoms with Crippen molar-refractivity contribution in [3.63, 3.8) is 0 Å². The molecule has 1 atom stereocenters. The zero-order chi connectivity index (χ0) is 14.0. The molecule has 0 amide bonds. The van der Waals surface area contributed by atoms with Crippen molar-refractivity contribution < 1.29 is 0 Å². The monoisotopic (exact) mass is 339 g/mol. The first kappa shape index (κ1) is 14.6. The second-order valence-electron chi connectivity index (χ2n) is 4.88. The molecule has 0 saturated carbocycles. The lowest BCUT2D eigenvalue weighted by atomic mass is 10.1. The van der Waals surface area contributed by atoms with Gasteiger partial charge < -0.3 is 5.32 Å². The van der Waals surface area contributed by atoms with Crippen LogP contribution in [0.2, 0.25) is 0 Å². The van der Waals surface area contributed by atoms with Crippen molar-refractivity contribution in [3.8, 4) is 0 Å². The molecule has 2 heterocycles. The molecule has 0 aliphatic heterocycles. The lowest BCUT2D eigenvalue weighted by Crippen LogP contribution is -2.29. The Labute approximate surface area is 126 Å². The first-order chi connectivity index (χ1) is 8.97. The van der Waals surface area contributed by atoms with Crippen LogP contribution in [0.15, 0.2) is 22.9 Å². The highest BCUT2D eigenvalue weighted by atomic mass is 79.9. The van der Waals surface area contributed by atoms with Gasteiger partial charge in [-0.2, -0.15) is 0 Å². The predicted molar refractivity (Wildman–Crippen MR) is 83.6 cm³/mol. The van der Waals surface area contributed by atoms with E-state index in [2.05, 4.69) is 65.0 Å². The number of rotatable bonds is 4. The first-order valence-electron chi connectivity index (χ1n) is 6.27. The largest absolute Gasteiger partial charge is 0.302 e. The second kappa shape index (κ2) is 6.11. The number of nitrogens with one attached hydrogen (secondary N) is 1. The van der Waals surface area contributed by atoms with E-state index in [-0.39, 0.29) is 6.04 Å². The fourth-order valence-corrected chi connectivity index (χ4v) is 3.24. The Hall–Kier alpha value is -0.780. The molecule has 1 N–H and O–H groups in total. The standard InChI is InChI=1S/C14H18BrN3S/c1-8(2)17-13(11-5-12(15)7-16-6-11)14-18-9(3)10(4)19-14/h5-8,13,17H,1-4H3. The smallest absolute Gasteiger partial charge is 0.115 e. The van der Waals surface area contributed by atoms with Crippen LogP contribution in [0.4, 0.5) is 0 Å². The molecule has 102 valence electrons. The minimum absolute atomic E-state index is 0.0994. The van der Waals surface area contributed by atoms with Crippen LogP contribution >= 0.6 is 27.3 Å². The van der Waals surface area contributed by atoms with Crippen LogP contribution in [0.1, 0.15) is 41.0 Å². The number of nitrogens with zero attached hydrogens (tertiary/aromatic N) is 2. The average Bonchev–Trinajstić information content (AvgIpc) is 2.66. The quantitative estimate of drug-likeness (QED) is 0.914. The van der Waals surface area contributed by atoms with Crippen LogP contribution in [-0.2, 0) is 0 Å². The molecule has 2 aromatic rings. The number of thiazole rings is 1. The van der Waals surface area contributed by atoms with Crippen molar-refractivity contribution in [1.82, 2.24) is 15.3 Å². The average molecular weight is 340 g/mol. The van der Waals surface area contributed by atoms with E-state index < -0.39 is 0 Å².